The monoisotopic (exact) mass is 411 g/mol. The zero-order chi connectivity index (χ0) is 17.6. The summed E-state index contributed by atoms with van der Waals surface area (Å²) in [6.45, 7) is 4.31. The van der Waals surface area contributed by atoms with Crippen LogP contribution in [-0.2, 0) is 6.61 Å². The number of nitrogens with zero attached hydrogens (tertiary/aromatic N) is 2. The maximum absolute atomic E-state index is 12.8. The van der Waals surface area contributed by atoms with E-state index in [9.17, 15) is 4.79 Å². The molecule has 0 saturated carbocycles. The Bertz CT molecular complexity index is 719. The van der Waals surface area contributed by atoms with Gasteiger partial charge in [0.1, 0.15) is 12.4 Å². The van der Waals surface area contributed by atoms with E-state index in [1.54, 1.807) is 6.20 Å². The molecule has 3 rings (SSSR count). The van der Waals surface area contributed by atoms with Crippen molar-refractivity contribution in [1.29, 1.82) is 0 Å². The molecule has 148 valence electrons. The predicted octanol–water partition coefficient (Wildman–Crippen LogP) is 3.64. The van der Waals surface area contributed by atoms with Crippen LogP contribution in [0.1, 0.15) is 34.5 Å². The van der Waals surface area contributed by atoms with Gasteiger partial charge in [-0.15, -0.1) is 24.8 Å². The number of carbonyl (C=O) groups excluding carboxylic acids is 1. The van der Waals surface area contributed by atoms with Crippen LogP contribution in [0.5, 0.6) is 5.75 Å². The van der Waals surface area contributed by atoms with E-state index in [1.807, 2.05) is 55.3 Å². The van der Waals surface area contributed by atoms with E-state index in [0.717, 1.165) is 42.9 Å². The smallest absolute Gasteiger partial charge is 0.253 e. The first-order valence-electron chi connectivity index (χ1n) is 8.76. The van der Waals surface area contributed by atoms with E-state index in [2.05, 4.69) is 10.3 Å². The van der Waals surface area contributed by atoms with Crippen molar-refractivity contribution in [2.75, 3.05) is 20.1 Å². The predicted molar refractivity (Wildman–Crippen MR) is 112 cm³/mol. The van der Waals surface area contributed by atoms with Crippen LogP contribution in [0.3, 0.4) is 0 Å². The molecule has 2 aromatic rings. The highest BCUT2D eigenvalue weighted by molar-refractivity contribution is 5.94. The minimum Gasteiger partial charge on any atom is -0.487 e. The number of rotatable bonds is 5. The maximum atomic E-state index is 12.8. The third-order valence-electron chi connectivity index (χ3n) is 4.64. The Morgan fingerprint density at radius 2 is 1.96 bits per heavy atom. The van der Waals surface area contributed by atoms with E-state index < -0.39 is 0 Å². The van der Waals surface area contributed by atoms with Crippen LogP contribution in [0.25, 0.3) is 0 Å². The van der Waals surface area contributed by atoms with Gasteiger partial charge in [0.15, 0.2) is 0 Å². The number of piperidine rings is 1. The second-order valence-corrected chi connectivity index (χ2v) is 6.52. The topological polar surface area (TPSA) is 54.5 Å². The highest BCUT2D eigenvalue weighted by Crippen LogP contribution is 2.16. The lowest BCUT2D eigenvalue weighted by molar-refractivity contribution is 0.0703. The van der Waals surface area contributed by atoms with Crippen LogP contribution in [0.4, 0.5) is 0 Å². The number of benzene rings is 1. The number of hydrogen-bond acceptors (Lipinski definition) is 4. The highest BCUT2D eigenvalue weighted by atomic mass is 35.5. The van der Waals surface area contributed by atoms with Gasteiger partial charge in [0, 0.05) is 24.3 Å². The van der Waals surface area contributed by atoms with Crippen LogP contribution >= 0.6 is 24.8 Å². The van der Waals surface area contributed by atoms with Gasteiger partial charge in [-0.25, -0.2) is 0 Å². The van der Waals surface area contributed by atoms with Gasteiger partial charge in [-0.1, -0.05) is 12.1 Å². The van der Waals surface area contributed by atoms with Crippen molar-refractivity contribution in [3.05, 3.63) is 59.4 Å². The Morgan fingerprint density at radius 1 is 1.22 bits per heavy atom. The van der Waals surface area contributed by atoms with E-state index in [4.69, 9.17) is 4.74 Å². The molecule has 1 aromatic heterocycles. The fourth-order valence-electron chi connectivity index (χ4n) is 3.06. The van der Waals surface area contributed by atoms with Crippen molar-refractivity contribution in [3.8, 4) is 5.75 Å². The van der Waals surface area contributed by atoms with Gasteiger partial charge >= 0.3 is 0 Å². The summed E-state index contributed by atoms with van der Waals surface area (Å²) in [5.74, 6) is 0.805. The zero-order valence-corrected chi connectivity index (χ0v) is 17.3. The van der Waals surface area contributed by atoms with Gasteiger partial charge in [0.05, 0.1) is 6.20 Å². The summed E-state index contributed by atoms with van der Waals surface area (Å²) in [5, 5.41) is 3.33. The van der Waals surface area contributed by atoms with Gasteiger partial charge in [0.2, 0.25) is 0 Å². The molecule has 1 aliphatic heterocycles. The van der Waals surface area contributed by atoms with Crippen molar-refractivity contribution in [2.24, 2.45) is 0 Å². The number of amides is 1. The van der Waals surface area contributed by atoms with Crippen LogP contribution < -0.4 is 10.1 Å². The Labute approximate surface area is 173 Å². The van der Waals surface area contributed by atoms with Gasteiger partial charge in [-0.2, -0.15) is 0 Å². The molecule has 0 unspecified atom stereocenters. The summed E-state index contributed by atoms with van der Waals surface area (Å²) in [6.07, 6.45) is 3.73. The molecule has 0 bridgehead atoms. The molecule has 1 saturated heterocycles. The quantitative estimate of drug-likeness (QED) is 0.815. The Hall–Kier alpha value is -1.82. The molecular formula is C20H27Cl2N3O2. The minimum absolute atomic E-state index is 0. The van der Waals surface area contributed by atoms with Crippen molar-refractivity contribution < 1.29 is 9.53 Å². The van der Waals surface area contributed by atoms with Gasteiger partial charge in [0.25, 0.3) is 5.91 Å². The van der Waals surface area contributed by atoms with E-state index >= 15 is 0 Å². The normalized spacial score (nSPS) is 13.9. The number of ether oxygens (including phenoxy) is 1. The number of pyridine rings is 1. The summed E-state index contributed by atoms with van der Waals surface area (Å²) < 4.78 is 5.76. The van der Waals surface area contributed by atoms with Gasteiger partial charge in [-0.05, 0) is 62.7 Å². The van der Waals surface area contributed by atoms with Crippen LogP contribution in [0.2, 0.25) is 0 Å². The summed E-state index contributed by atoms with van der Waals surface area (Å²) >= 11 is 0. The van der Waals surface area contributed by atoms with Crippen molar-refractivity contribution in [1.82, 2.24) is 15.2 Å². The first kappa shape index (κ1) is 23.2. The molecule has 0 spiro atoms. The lowest BCUT2D eigenvalue weighted by Gasteiger charge is -2.31. The lowest BCUT2D eigenvalue weighted by atomic mass is 10.0. The molecule has 5 nitrogen and oxygen atoms in total. The van der Waals surface area contributed by atoms with E-state index in [-0.39, 0.29) is 30.7 Å². The average Bonchev–Trinajstić information content (AvgIpc) is 2.67. The number of hydrogen-bond donors (Lipinski definition) is 1. The molecule has 1 N–H and O–H groups in total. The average molecular weight is 412 g/mol. The number of halogens is 2. The van der Waals surface area contributed by atoms with Crippen LogP contribution in [-0.4, -0.2) is 42.0 Å². The SMILES string of the molecule is Cc1ccc(OCc2cccc(C(=O)N(C)C3CCNCC3)c2)cn1.Cl.Cl. The number of aryl methyl sites for hydroxylation is 1. The summed E-state index contributed by atoms with van der Waals surface area (Å²) in [5.41, 5.74) is 2.65. The third-order valence-corrected chi connectivity index (χ3v) is 4.64. The summed E-state index contributed by atoms with van der Waals surface area (Å²) in [7, 11) is 1.90. The molecule has 1 aromatic carbocycles. The van der Waals surface area contributed by atoms with Crippen molar-refractivity contribution in [3.63, 3.8) is 0 Å². The molecular weight excluding hydrogens is 385 g/mol. The van der Waals surface area contributed by atoms with Crippen molar-refractivity contribution in [2.45, 2.75) is 32.4 Å². The molecule has 2 heterocycles. The summed E-state index contributed by atoms with van der Waals surface area (Å²) in [4.78, 5) is 18.9. The van der Waals surface area contributed by atoms with E-state index in [0.29, 0.717) is 18.2 Å². The molecule has 1 amide bonds. The van der Waals surface area contributed by atoms with Crippen molar-refractivity contribution >= 4 is 30.7 Å². The summed E-state index contributed by atoms with van der Waals surface area (Å²) in [6, 6.07) is 11.8. The number of aromatic nitrogens is 1. The van der Waals surface area contributed by atoms with Gasteiger partial charge < -0.3 is 15.0 Å². The second-order valence-electron chi connectivity index (χ2n) is 6.52. The largest absolute Gasteiger partial charge is 0.487 e. The van der Waals surface area contributed by atoms with E-state index in [1.165, 1.54) is 0 Å². The fourth-order valence-corrected chi connectivity index (χ4v) is 3.06. The fraction of sp³-hybridized carbons (Fsp3) is 0.400. The molecule has 0 atom stereocenters. The molecule has 1 fully saturated rings. The first-order valence-corrected chi connectivity index (χ1v) is 8.76. The standard InChI is InChI=1S/C20H25N3O2.2ClH/c1-15-6-7-19(13-22-15)25-14-16-4-3-5-17(12-16)20(24)23(2)18-8-10-21-11-9-18;;/h3-7,12-13,18,21H,8-11,14H2,1-2H3;2*1H. The first-order chi connectivity index (χ1) is 12.1. The van der Waals surface area contributed by atoms with Crippen LogP contribution in [0.15, 0.2) is 42.6 Å². The van der Waals surface area contributed by atoms with Gasteiger partial charge in [-0.3, -0.25) is 9.78 Å². The molecule has 1 aliphatic rings. The molecule has 0 radical (unpaired) electrons. The second kappa shape index (κ2) is 11.1. The number of carbonyl (C=O) groups is 1. The molecule has 7 heteroatoms. The Balaban J connectivity index is 0.00000182. The maximum Gasteiger partial charge on any atom is 0.253 e. The Kier molecular flexibility index (Phi) is 9.56. The lowest BCUT2D eigenvalue weighted by Crippen LogP contribution is -2.43. The minimum atomic E-state index is 0. The third kappa shape index (κ3) is 6.38. The highest BCUT2D eigenvalue weighted by Gasteiger charge is 2.22. The van der Waals surface area contributed by atoms with Crippen LogP contribution in [0, 0.1) is 6.92 Å². The number of nitrogens with one attached hydrogen (secondary N) is 1. The zero-order valence-electron chi connectivity index (χ0n) is 15.7. The molecule has 27 heavy (non-hydrogen) atoms. The Morgan fingerprint density at radius 3 is 2.63 bits per heavy atom. The molecule has 0 aliphatic carbocycles.